The molecule has 0 saturated carbocycles. The number of nitrogens with zero attached hydrogens (tertiary/aromatic N) is 2. The van der Waals surface area contributed by atoms with Gasteiger partial charge in [0, 0.05) is 10.6 Å². The first-order valence-electron chi connectivity index (χ1n) is 9.82. The fraction of sp³-hybridized carbons (Fsp3) is 0.455. The summed E-state index contributed by atoms with van der Waals surface area (Å²) in [6, 6.07) is 8.13. The van der Waals surface area contributed by atoms with Crippen LogP contribution in [0.1, 0.15) is 49.1 Å². The number of para-hydroxylation sites is 1. The van der Waals surface area contributed by atoms with Gasteiger partial charge in [-0.2, -0.15) is 0 Å². The monoisotopic (exact) mass is 398 g/mol. The number of fused-ring (bicyclic) bond motifs is 3. The first-order chi connectivity index (χ1) is 13.1. The Morgan fingerprint density at radius 2 is 1.96 bits per heavy atom. The molecule has 0 N–H and O–H groups in total. The van der Waals surface area contributed by atoms with Crippen molar-refractivity contribution < 1.29 is 0 Å². The van der Waals surface area contributed by atoms with Gasteiger partial charge >= 0.3 is 0 Å². The molecule has 2 heterocycles. The summed E-state index contributed by atoms with van der Waals surface area (Å²) >= 11 is 3.44. The average molecular weight is 399 g/mol. The van der Waals surface area contributed by atoms with Gasteiger partial charge in [0.1, 0.15) is 4.83 Å². The van der Waals surface area contributed by atoms with Crippen molar-refractivity contribution in [2.45, 2.75) is 58.0 Å². The van der Waals surface area contributed by atoms with Gasteiger partial charge in [-0.25, -0.2) is 4.98 Å². The van der Waals surface area contributed by atoms with Crippen LogP contribution in [0, 0.1) is 12.8 Å². The molecule has 0 radical (unpaired) electrons. The van der Waals surface area contributed by atoms with E-state index in [1.54, 1.807) is 23.1 Å². The average Bonchev–Trinajstić information content (AvgIpc) is 2.82. The number of aryl methyl sites for hydroxylation is 3. The summed E-state index contributed by atoms with van der Waals surface area (Å²) in [6.45, 7) is 6.47. The Bertz CT molecular complexity index is 1030. The number of aromatic nitrogens is 2. The normalized spacial score (nSPS) is 14.5. The first-order valence-corrected chi connectivity index (χ1v) is 11.6. The van der Waals surface area contributed by atoms with Gasteiger partial charge in [0.2, 0.25) is 0 Å². The van der Waals surface area contributed by atoms with Crippen LogP contribution >= 0.6 is 23.1 Å². The van der Waals surface area contributed by atoms with Crippen LogP contribution in [0.5, 0.6) is 0 Å². The van der Waals surface area contributed by atoms with Crippen LogP contribution in [-0.4, -0.2) is 15.3 Å². The Labute approximate surface area is 168 Å². The fourth-order valence-electron chi connectivity index (χ4n) is 3.73. The van der Waals surface area contributed by atoms with Gasteiger partial charge in [-0.3, -0.25) is 9.36 Å². The second-order valence-electron chi connectivity index (χ2n) is 7.77. The molecule has 0 amide bonds. The van der Waals surface area contributed by atoms with Crippen LogP contribution in [0.2, 0.25) is 0 Å². The third kappa shape index (κ3) is 3.59. The van der Waals surface area contributed by atoms with Crippen molar-refractivity contribution in [1.29, 1.82) is 0 Å². The Kier molecular flexibility index (Phi) is 5.42. The maximum Gasteiger partial charge on any atom is 0.267 e. The van der Waals surface area contributed by atoms with Crippen molar-refractivity contribution in [3.05, 3.63) is 50.6 Å². The molecule has 2 aromatic heterocycles. The zero-order valence-electron chi connectivity index (χ0n) is 16.2. The standard InChI is InChI=1S/C22H26N2OS2/c1-14(2)13-26-22-23-20-19(16-10-5-4-6-12-18(16)27-20)21(25)24(22)17-11-8-7-9-15(17)3/h7-9,11,14H,4-6,10,12-13H2,1-3H3. The molecular weight excluding hydrogens is 372 g/mol. The van der Waals surface area contributed by atoms with E-state index in [9.17, 15) is 4.79 Å². The Morgan fingerprint density at radius 3 is 2.74 bits per heavy atom. The molecule has 0 aliphatic heterocycles. The highest BCUT2D eigenvalue weighted by molar-refractivity contribution is 7.99. The van der Waals surface area contributed by atoms with E-state index in [2.05, 4.69) is 26.8 Å². The maximum absolute atomic E-state index is 13.7. The third-order valence-corrected chi connectivity index (χ3v) is 7.66. The van der Waals surface area contributed by atoms with Crippen molar-refractivity contribution in [3.63, 3.8) is 0 Å². The highest BCUT2D eigenvalue weighted by Crippen LogP contribution is 2.35. The lowest BCUT2D eigenvalue weighted by atomic mass is 10.1. The zero-order chi connectivity index (χ0) is 19.0. The van der Waals surface area contributed by atoms with E-state index in [1.165, 1.54) is 29.7 Å². The van der Waals surface area contributed by atoms with E-state index in [0.29, 0.717) is 5.92 Å². The zero-order valence-corrected chi connectivity index (χ0v) is 17.9. The Hall–Kier alpha value is -1.59. The lowest BCUT2D eigenvalue weighted by Crippen LogP contribution is -2.23. The molecule has 4 rings (SSSR count). The van der Waals surface area contributed by atoms with Crippen molar-refractivity contribution in [2.75, 3.05) is 5.75 Å². The minimum atomic E-state index is 0.111. The topological polar surface area (TPSA) is 34.9 Å². The van der Waals surface area contributed by atoms with Crippen LogP contribution in [0.4, 0.5) is 0 Å². The molecule has 0 bridgehead atoms. The molecule has 5 heteroatoms. The lowest BCUT2D eigenvalue weighted by Gasteiger charge is -2.15. The van der Waals surface area contributed by atoms with Gasteiger partial charge in [-0.15, -0.1) is 11.3 Å². The molecule has 0 spiro atoms. The summed E-state index contributed by atoms with van der Waals surface area (Å²) < 4.78 is 1.86. The lowest BCUT2D eigenvalue weighted by molar-refractivity contribution is 0.713. The minimum absolute atomic E-state index is 0.111. The van der Waals surface area contributed by atoms with E-state index in [4.69, 9.17) is 4.98 Å². The van der Waals surface area contributed by atoms with Crippen LogP contribution < -0.4 is 5.56 Å². The first kappa shape index (κ1) is 18.8. The van der Waals surface area contributed by atoms with Gasteiger partial charge in [-0.1, -0.05) is 50.2 Å². The molecule has 0 atom stereocenters. The van der Waals surface area contributed by atoms with E-state index in [-0.39, 0.29) is 5.56 Å². The number of benzene rings is 1. The van der Waals surface area contributed by atoms with Crippen LogP contribution in [-0.2, 0) is 12.8 Å². The predicted molar refractivity (Wildman–Crippen MR) is 117 cm³/mol. The molecule has 1 aliphatic rings. The molecule has 3 nitrogen and oxygen atoms in total. The summed E-state index contributed by atoms with van der Waals surface area (Å²) in [7, 11) is 0. The number of hydrogen-bond acceptors (Lipinski definition) is 4. The maximum atomic E-state index is 13.7. The molecular formula is C22H26N2OS2. The molecule has 1 aromatic carbocycles. The molecule has 0 unspecified atom stereocenters. The van der Waals surface area contributed by atoms with E-state index in [0.717, 1.165) is 45.2 Å². The molecule has 27 heavy (non-hydrogen) atoms. The molecule has 3 aromatic rings. The van der Waals surface area contributed by atoms with E-state index < -0.39 is 0 Å². The number of hydrogen-bond donors (Lipinski definition) is 0. The second-order valence-corrected chi connectivity index (χ2v) is 9.84. The molecule has 0 fully saturated rings. The third-order valence-electron chi connectivity index (χ3n) is 5.11. The smallest absolute Gasteiger partial charge is 0.267 e. The largest absolute Gasteiger partial charge is 0.268 e. The highest BCUT2D eigenvalue weighted by atomic mass is 32.2. The summed E-state index contributed by atoms with van der Waals surface area (Å²) in [4.78, 5) is 21.0. The van der Waals surface area contributed by atoms with E-state index in [1.807, 2.05) is 22.8 Å². The summed E-state index contributed by atoms with van der Waals surface area (Å²) in [5.74, 6) is 1.50. The highest BCUT2D eigenvalue weighted by Gasteiger charge is 2.22. The number of thiophene rings is 1. The van der Waals surface area contributed by atoms with Crippen LogP contribution in [0.25, 0.3) is 15.9 Å². The summed E-state index contributed by atoms with van der Waals surface area (Å²) in [6.07, 6.45) is 5.75. The Morgan fingerprint density at radius 1 is 1.19 bits per heavy atom. The molecule has 1 aliphatic carbocycles. The van der Waals surface area contributed by atoms with Gasteiger partial charge in [0.05, 0.1) is 11.1 Å². The van der Waals surface area contributed by atoms with Gasteiger partial charge in [0.15, 0.2) is 5.16 Å². The van der Waals surface area contributed by atoms with Crippen LogP contribution in [0.3, 0.4) is 0 Å². The predicted octanol–water partition coefficient (Wildman–Crippen LogP) is 5.77. The summed E-state index contributed by atoms with van der Waals surface area (Å²) in [5.41, 5.74) is 3.44. The van der Waals surface area contributed by atoms with Crippen LogP contribution in [0.15, 0.2) is 34.2 Å². The number of rotatable bonds is 4. The van der Waals surface area contributed by atoms with Crippen molar-refractivity contribution in [3.8, 4) is 5.69 Å². The fourth-order valence-corrected chi connectivity index (χ4v) is 5.99. The molecule has 142 valence electrons. The van der Waals surface area contributed by atoms with Gasteiger partial charge in [-0.05, 0) is 55.7 Å². The van der Waals surface area contributed by atoms with E-state index >= 15 is 0 Å². The summed E-state index contributed by atoms with van der Waals surface area (Å²) in [5, 5.41) is 1.70. The second kappa shape index (κ2) is 7.80. The van der Waals surface area contributed by atoms with Crippen molar-refractivity contribution in [1.82, 2.24) is 9.55 Å². The van der Waals surface area contributed by atoms with Crippen molar-refractivity contribution in [2.24, 2.45) is 5.92 Å². The Balaban J connectivity index is 1.98. The molecule has 0 saturated heterocycles. The quantitative estimate of drug-likeness (QED) is 0.318. The minimum Gasteiger partial charge on any atom is -0.268 e. The van der Waals surface area contributed by atoms with Gasteiger partial charge < -0.3 is 0 Å². The van der Waals surface area contributed by atoms with Gasteiger partial charge in [0.25, 0.3) is 5.56 Å². The SMILES string of the molecule is Cc1ccccc1-n1c(SCC(C)C)nc2sc3c(c2c1=O)CCCCC3. The number of thioether (sulfide) groups is 1. The van der Waals surface area contributed by atoms with Crippen molar-refractivity contribution >= 4 is 33.3 Å².